The number of halogens is 1. The van der Waals surface area contributed by atoms with E-state index in [4.69, 9.17) is 4.74 Å². The van der Waals surface area contributed by atoms with Gasteiger partial charge in [-0.2, -0.15) is 0 Å². The van der Waals surface area contributed by atoms with Crippen molar-refractivity contribution in [3.8, 4) is 5.75 Å². The van der Waals surface area contributed by atoms with Gasteiger partial charge in [-0.15, -0.1) is 0 Å². The lowest BCUT2D eigenvalue weighted by Crippen LogP contribution is -2.46. The Balaban J connectivity index is 1.61. The lowest BCUT2D eigenvalue weighted by atomic mass is 10.1. The Bertz CT molecular complexity index is 789. The third kappa shape index (κ3) is 4.23. The van der Waals surface area contributed by atoms with Crippen LogP contribution >= 0.6 is 0 Å². The van der Waals surface area contributed by atoms with Crippen LogP contribution in [0.5, 0.6) is 5.75 Å². The highest BCUT2D eigenvalue weighted by Gasteiger charge is 2.26. The van der Waals surface area contributed by atoms with Gasteiger partial charge in [-0.05, 0) is 42.8 Å². The van der Waals surface area contributed by atoms with Gasteiger partial charge in [-0.3, -0.25) is 4.79 Å². The maximum Gasteiger partial charge on any atom is 0.246 e. The van der Waals surface area contributed by atoms with Gasteiger partial charge in [0, 0.05) is 19.7 Å². The van der Waals surface area contributed by atoms with E-state index in [1.54, 1.807) is 30.2 Å². The van der Waals surface area contributed by atoms with Crippen LogP contribution in [-0.2, 0) is 4.79 Å². The number of ether oxygens (including phenoxy) is 1. The summed E-state index contributed by atoms with van der Waals surface area (Å²) in [5.41, 5.74) is 1.88. The fourth-order valence-electron chi connectivity index (χ4n) is 3.04. The second-order valence-corrected chi connectivity index (χ2v) is 6.35. The first-order valence-corrected chi connectivity index (χ1v) is 8.76. The van der Waals surface area contributed by atoms with Gasteiger partial charge in [0.05, 0.1) is 18.8 Å². The van der Waals surface area contributed by atoms with Crippen molar-refractivity contribution >= 4 is 17.7 Å². The lowest BCUT2D eigenvalue weighted by molar-refractivity contribution is -0.125. The molecular weight excluding hydrogens is 331 g/mol. The van der Waals surface area contributed by atoms with Crippen molar-refractivity contribution in [2.45, 2.75) is 13.0 Å². The van der Waals surface area contributed by atoms with Crippen LogP contribution in [0.3, 0.4) is 0 Å². The molecule has 1 aliphatic heterocycles. The predicted octanol–water partition coefficient (Wildman–Crippen LogP) is 3.58. The molecule has 1 atom stereocenters. The summed E-state index contributed by atoms with van der Waals surface area (Å²) < 4.78 is 19.0. The molecule has 0 radical (unpaired) electrons. The minimum Gasteiger partial charge on any atom is -0.485 e. The summed E-state index contributed by atoms with van der Waals surface area (Å²) in [4.78, 5) is 16.3. The highest BCUT2D eigenvalue weighted by atomic mass is 19.1. The quantitative estimate of drug-likeness (QED) is 0.770. The van der Waals surface area contributed by atoms with Gasteiger partial charge >= 0.3 is 0 Å². The molecular formula is C21H23FN2O2. The Kier molecular flexibility index (Phi) is 5.56. The molecule has 136 valence electrons. The van der Waals surface area contributed by atoms with E-state index >= 15 is 0 Å². The van der Waals surface area contributed by atoms with E-state index in [2.05, 4.69) is 17.9 Å². The number of hydrogen-bond donors (Lipinski definition) is 0. The lowest BCUT2D eigenvalue weighted by Gasteiger charge is -2.37. The average molecular weight is 354 g/mol. The van der Waals surface area contributed by atoms with Crippen molar-refractivity contribution in [3.05, 3.63) is 66.0 Å². The van der Waals surface area contributed by atoms with Gasteiger partial charge in [0.25, 0.3) is 0 Å². The summed E-state index contributed by atoms with van der Waals surface area (Å²) in [6.07, 6.45) is 3.10. The van der Waals surface area contributed by atoms with E-state index in [-0.39, 0.29) is 17.8 Å². The zero-order valence-electron chi connectivity index (χ0n) is 15.1. The standard InChI is InChI=1S/C21H23FN2O2/c1-3-24-15-18(26-20-7-5-4-6-19(20)24)14-23(2)21(25)13-10-16-8-11-17(22)12-9-16/h4-13,18H,3,14-15H2,1-2H3/b13-10+/t18-/m1/s1. The molecule has 0 bridgehead atoms. The van der Waals surface area contributed by atoms with Crippen molar-refractivity contribution < 1.29 is 13.9 Å². The smallest absolute Gasteiger partial charge is 0.246 e. The van der Waals surface area contributed by atoms with E-state index in [1.807, 2.05) is 18.2 Å². The number of likely N-dealkylation sites (N-methyl/N-ethyl adjacent to an activating group) is 2. The van der Waals surface area contributed by atoms with Gasteiger partial charge in [0.1, 0.15) is 17.7 Å². The summed E-state index contributed by atoms with van der Waals surface area (Å²) in [6, 6.07) is 14.0. The molecule has 0 saturated heterocycles. The minimum absolute atomic E-state index is 0.0852. The Morgan fingerprint density at radius 2 is 2.00 bits per heavy atom. The van der Waals surface area contributed by atoms with E-state index < -0.39 is 0 Å². The fourth-order valence-corrected chi connectivity index (χ4v) is 3.04. The van der Waals surface area contributed by atoms with Crippen molar-refractivity contribution in [3.63, 3.8) is 0 Å². The molecule has 0 aromatic heterocycles. The fraction of sp³-hybridized carbons (Fsp3) is 0.286. The van der Waals surface area contributed by atoms with Crippen molar-refractivity contribution in [2.75, 3.05) is 31.6 Å². The molecule has 4 nitrogen and oxygen atoms in total. The first kappa shape index (κ1) is 18.0. The van der Waals surface area contributed by atoms with Gasteiger partial charge in [0.2, 0.25) is 5.91 Å². The molecule has 0 saturated carbocycles. The highest BCUT2D eigenvalue weighted by molar-refractivity contribution is 5.91. The van der Waals surface area contributed by atoms with Gasteiger partial charge in [-0.25, -0.2) is 4.39 Å². The molecule has 1 amide bonds. The molecule has 0 N–H and O–H groups in total. The number of anilines is 1. The molecule has 2 aromatic rings. The summed E-state index contributed by atoms with van der Waals surface area (Å²) in [6.45, 7) is 4.24. The van der Waals surface area contributed by atoms with Crippen LogP contribution in [0.2, 0.25) is 0 Å². The molecule has 5 heteroatoms. The molecule has 1 aliphatic rings. The van der Waals surface area contributed by atoms with Crippen LogP contribution in [0, 0.1) is 5.82 Å². The maximum atomic E-state index is 12.9. The Morgan fingerprint density at radius 3 is 2.73 bits per heavy atom. The predicted molar refractivity (Wildman–Crippen MR) is 102 cm³/mol. The van der Waals surface area contributed by atoms with Crippen LogP contribution in [-0.4, -0.2) is 43.6 Å². The minimum atomic E-state index is -0.291. The van der Waals surface area contributed by atoms with E-state index in [9.17, 15) is 9.18 Å². The number of rotatable bonds is 5. The number of carbonyl (C=O) groups is 1. The van der Waals surface area contributed by atoms with Crippen LogP contribution < -0.4 is 9.64 Å². The zero-order valence-corrected chi connectivity index (χ0v) is 15.1. The SMILES string of the molecule is CCN1C[C@@H](CN(C)C(=O)/C=C/c2ccc(F)cc2)Oc2ccccc21. The Hall–Kier alpha value is -2.82. The first-order valence-electron chi connectivity index (χ1n) is 8.76. The third-order valence-corrected chi connectivity index (χ3v) is 4.45. The normalized spacial score (nSPS) is 16.3. The van der Waals surface area contributed by atoms with E-state index in [0.29, 0.717) is 6.54 Å². The second kappa shape index (κ2) is 8.04. The van der Waals surface area contributed by atoms with Crippen molar-refractivity contribution in [2.24, 2.45) is 0 Å². The van der Waals surface area contributed by atoms with Gasteiger partial charge in [-0.1, -0.05) is 24.3 Å². The van der Waals surface area contributed by atoms with E-state index in [1.165, 1.54) is 18.2 Å². The number of nitrogens with zero attached hydrogens (tertiary/aromatic N) is 2. The zero-order chi connectivity index (χ0) is 18.5. The van der Waals surface area contributed by atoms with Crippen LogP contribution in [0.4, 0.5) is 10.1 Å². The summed E-state index contributed by atoms with van der Waals surface area (Å²) >= 11 is 0. The van der Waals surface area contributed by atoms with Crippen LogP contribution in [0.25, 0.3) is 6.08 Å². The Morgan fingerprint density at radius 1 is 1.27 bits per heavy atom. The molecule has 1 heterocycles. The van der Waals surface area contributed by atoms with Gasteiger partial charge < -0.3 is 14.5 Å². The molecule has 0 unspecified atom stereocenters. The highest BCUT2D eigenvalue weighted by Crippen LogP contribution is 2.32. The second-order valence-electron chi connectivity index (χ2n) is 6.35. The number of para-hydroxylation sites is 2. The molecule has 3 rings (SSSR count). The molecule has 26 heavy (non-hydrogen) atoms. The monoisotopic (exact) mass is 354 g/mol. The average Bonchev–Trinajstić information content (AvgIpc) is 2.66. The third-order valence-electron chi connectivity index (χ3n) is 4.45. The van der Waals surface area contributed by atoms with E-state index in [0.717, 1.165) is 30.1 Å². The maximum absolute atomic E-state index is 12.9. The molecule has 0 fully saturated rings. The summed E-state index contributed by atoms with van der Waals surface area (Å²) in [5, 5.41) is 0. The van der Waals surface area contributed by atoms with Crippen molar-refractivity contribution in [1.29, 1.82) is 0 Å². The molecule has 0 spiro atoms. The number of hydrogen-bond acceptors (Lipinski definition) is 3. The molecule has 2 aromatic carbocycles. The van der Waals surface area contributed by atoms with Crippen LogP contribution in [0.15, 0.2) is 54.6 Å². The number of carbonyl (C=O) groups excluding carboxylic acids is 1. The topological polar surface area (TPSA) is 32.8 Å². The summed E-state index contributed by atoms with van der Waals surface area (Å²) in [5.74, 6) is 0.453. The Labute approximate surface area is 153 Å². The first-order chi connectivity index (χ1) is 12.6. The number of fused-ring (bicyclic) bond motifs is 1. The van der Waals surface area contributed by atoms with Crippen molar-refractivity contribution in [1.82, 2.24) is 4.90 Å². The largest absolute Gasteiger partial charge is 0.485 e. The number of amides is 1. The van der Waals surface area contributed by atoms with Gasteiger partial charge in [0.15, 0.2) is 0 Å². The summed E-state index contributed by atoms with van der Waals surface area (Å²) in [7, 11) is 1.76. The molecule has 0 aliphatic carbocycles. The number of benzene rings is 2. The van der Waals surface area contributed by atoms with Crippen LogP contribution in [0.1, 0.15) is 12.5 Å².